The van der Waals surface area contributed by atoms with E-state index < -0.39 is 0 Å². The van der Waals surface area contributed by atoms with E-state index in [0.29, 0.717) is 18.4 Å². The monoisotopic (exact) mass is 314 g/mol. The minimum Gasteiger partial charge on any atom is -0.492 e. The summed E-state index contributed by atoms with van der Waals surface area (Å²) in [6.07, 6.45) is 6.35. The third-order valence-corrected chi connectivity index (χ3v) is 4.12. The predicted molar refractivity (Wildman–Crippen MR) is 92.3 cm³/mol. The number of hydrogen-bond donors (Lipinski definition) is 0. The fourth-order valence-electron chi connectivity index (χ4n) is 2.34. The van der Waals surface area contributed by atoms with Crippen LogP contribution in [-0.2, 0) is 5.41 Å². The van der Waals surface area contributed by atoms with E-state index >= 15 is 0 Å². The predicted octanol–water partition coefficient (Wildman–Crippen LogP) is 4.36. The summed E-state index contributed by atoms with van der Waals surface area (Å²) in [5, 5.41) is 0. The highest BCUT2D eigenvalue weighted by Crippen LogP contribution is 2.29. The number of aromatic nitrogens is 2. The fraction of sp³-hybridized carbons (Fsp3) is 0.474. The molecule has 0 unspecified atom stereocenters. The van der Waals surface area contributed by atoms with Crippen LogP contribution >= 0.6 is 0 Å². The number of hydrogen-bond acceptors (Lipinski definition) is 4. The lowest BCUT2D eigenvalue weighted by Gasteiger charge is -2.25. The Hall–Kier alpha value is -2.10. The van der Waals surface area contributed by atoms with E-state index in [4.69, 9.17) is 9.47 Å². The fourth-order valence-corrected chi connectivity index (χ4v) is 2.34. The molecule has 2 heterocycles. The minimum atomic E-state index is -0.0146. The van der Waals surface area contributed by atoms with Crippen molar-refractivity contribution < 1.29 is 9.47 Å². The van der Waals surface area contributed by atoms with Gasteiger partial charge in [-0.1, -0.05) is 27.7 Å². The molecule has 2 aromatic rings. The molecule has 124 valence electrons. The van der Waals surface area contributed by atoms with Crippen molar-refractivity contribution in [2.24, 2.45) is 0 Å². The molecule has 0 amide bonds. The third-order valence-electron chi connectivity index (χ3n) is 4.12. The molecule has 0 radical (unpaired) electrons. The Bertz CT molecular complexity index is 639. The summed E-state index contributed by atoms with van der Waals surface area (Å²) >= 11 is 0. The second kappa shape index (κ2) is 7.44. The van der Waals surface area contributed by atoms with Crippen LogP contribution in [0, 0.1) is 0 Å². The van der Waals surface area contributed by atoms with E-state index in [9.17, 15) is 0 Å². The summed E-state index contributed by atoms with van der Waals surface area (Å²) in [5.74, 6) is 1.93. The number of pyridine rings is 2. The van der Waals surface area contributed by atoms with Crippen molar-refractivity contribution >= 4 is 0 Å². The van der Waals surface area contributed by atoms with Crippen LogP contribution in [0.4, 0.5) is 0 Å². The van der Waals surface area contributed by atoms with Gasteiger partial charge in [-0.25, -0.2) is 4.98 Å². The van der Waals surface area contributed by atoms with Gasteiger partial charge in [-0.2, -0.15) is 0 Å². The normalized spacial score (nSPS) is 11.6. The van der Waals surface area contributed by atoms with Crippen LogP contribution in [0.25, 0.3) is 0 Å². The van der Waals surface area contributed by atoms with E-state index in [1.54, 1.807) is 19.5 Å². The van der Waals surface area contributed by atoms with Crippen LogP contribution in [0.1, 0.15) is 51.2 Å². The van der Waals surface area contributed by atoms with Gasteiger partial charge >= 0.3 is 0 Å². The first-order chi connectivity index (χ1) is 10.9. The smallest absolute Gasteiger partial charge is 0.213 e. The number of nitrogens with zero attached hydrogens (tertiary/aromatic N) is 2. The molecule has 0 spiro atoms. The first-order valence-electron chi connectivity index (χ1n) is 8.00. The number of ether oxygens (including phenoxy) is 2. The van der Waals surface area contributed by atoms with Gasteiger partial charge in [0.1, 0.15) is 5.75 Å². The van der Waals surface area contributed by atoms with Gasteiger partial charge in [0.2, 0.25) is 5.88 Å². The molecular weight excluding hydrogens is 288 g/mol. The van der Waals surface area contributed by atoms with Gasteiger partial charge in [-0.3, -0.25) is 4.98 Å². The van der Waals surface area contributed by atoms with E-state index in [1.165, 1.54) is 11.1 Å². The molecule has 0 bridgehead atoms. The van der Waals surface area contributed by atoms with Crippen LogP contribution in [0.5, 0.6) is 11.6 Å². The average Bonchev–Trinajstić information content (AvgIpc) is 2.55. The first kappa shape index (κ1) is 17.3. The second-order valence-corrected chi connectivity index (χ2v) is 6.68. The molecule has 0 atom stereocenters. The van der Waals surface area contributed by atoms with E-state index in [0.717, 1.165) is 12.2 Å². The van der Waals surface area contributed by atoms with Crippen molar-refractivity contribution in [2.75, 3.05) is 13.7 Å². The highest BCUT2D eigenvalue weighted by atomic mass is 16.5. The standard InChI is InChI=1S/C19H26N2O2/c1-14(2)15-10-17(13-20-12-15)23-9-7-19(3,4)16-6-8-21-18(11-16)22-5/h6,8,10-14H,7,9H2,1-5H3. The molecule has 0 saturated heterocycles. The molecule has 0 N–H and O–H groups in total. The molecule has 4 heteroatoms. The van der Waals surface area contributed by atoms with Gasteiger partial charge in [-0.05, 0) is 41.0 Å². The van der Waals surface area contributed by atoms with Crippen LogP contribution in [0.3, 0.4) is 0 Å². The highest BCUT2D eigenvalue weighted by molar-refractivity contribution is 5.28. The van der Waals surface area contributed by atoms with Gasteiger partial charge < -0.3 is 9.47 Å². The molecule has 0 fully saturated rings. The van der Waals surface area contributed by atoms with Crippen LogP contribution in [0.2, 0.25) is 0 Å². The Balaban J connectivity index is 1.98. The summed E-state index contributed by atoms with van der Waals surface area (Å²) in [5.41, 5.74) is 2.38. The van der Waals surface area contributed by atoms with Crippen molar-refractivity contribution in [1.29, 1.82) is 0 Å². The first-order valence-corrected chi connectivity index (χ1v) is 8.00. The Kier molecular flexibility index (Phi) is 5.59. The topological polar surface area (TPSA) is 44.2 Å². The van der Waals surface area contributed by atoms with Crippen molar-refractivity contribution in [3.63, 3.8) is 0 Å². The highest BCUT2D eigenvalue weighted by Gasteiger charge is 2.21. The van der Waals surface area contributed by atoms with E-state index in [-0.39, 0.29) is 5.41 Å². The maximum Gasteiger partial charge on any atom is 0.213 e. The lowest BCUT2D eigenvalue weighted by Crippen LogP contribution is -2.21. The molecule has 0 aromatic carbocycles. The summed E-state index contributed by atoms with van der Waals surface area (Å²) in [4.78, 5) is 8.42. The second-order valence-electron chi connectivity index (χ2n) is 6.68. The van der Waals surface area contributed by atoms with Gasteiger partial charge in [0.15, 0.2) is 0 Å². The molecule has 0 aliphatic rings. The third kappa shape index (κ3) is 4.68. The zero-order valence-electron chi connectivity index (χ0n) is 14.7. The lowest BCUT2D eigenvalue weighted by molar-refractivity contribution is 0.271. The summed E-state index contributed by atoms with van der Waals surface area (Å²) in [7, 11) is 1.64. The Morgan fingerprint density at radius 1 is 1.17 bits per heavy atom. The van der Waals surface area contributed by atoms with E-state index in [1.807, 2.05) is 18.3 Å². The van der Waals surface area contributed by atoms with Crippen LogP contribution in [-0.4, -0.2) is 23.7 Å². The SMILES string of the molecule is COc1cc(C(C)(C)CCOc2cncc(C(C)C)c2)ccn1. The molecule has 0 saturated carbocycles. The number of methoxy groups -OCH3 is 1. The Morgan fingerprint density at radius 3 is 2.65 bits per heavy atom. The molecular formula is C19H26N2O2. The zero-order valence-corrected chi connectivity index (χ0v) is 14.7. The molecule has 2 rings (SSSR count). The largest absolute Gasteiger partial charge is 0.492 e. The van der Waals surface area contributed by atoms with Crippen molar-refractivity contribution in [1.82, 2.24) is 9.97 Å². The maximum atomic E-state index is 5.90. The number of rotatable bonds is 7. The van der Waals surface area contributed by atoms with Gasteiger partial charge in [0.25, 0.3) is 0 Å². The van der Waals surface area contributed by atoms with Gasteiger partial charge in [-0.15, -0.1) is 0 Å². The quantitative estimate of drug-likeness (QED) is 0.762. The van der Waals surface area contributed by atoms with E-state index in [2.05, 4.69) is 43.7 Å². The molecule has 0 aliphatic carbocycles. The van der Waals surface area contributed by atoms with Gasteiger partial charge in [0, 0.05) is 18.5 Å². The average molecular weight is 314 g/mol. The lowest BCUT2D eigenvalue weighted by atomic mass is 9.82. The molecule has 2 aromatic heterocycles. The summed E-state index contributed by atoms with van der Waals surface area (Å²) < 4.78 is 11.1. The molecule has 0 aliphatic heterocycles. The minimum absolute atomic E-state index is 0.0146. The molecule has 4 nitrogen and oxygen atoms in total. The summed E-state index contributed by atoms with van der Waals surface area (Å²) in [6.45, 7) is 9.35. The zero-order chi connectivity index (χ0) is 16.9. The van der Waals surface area contributed by atoms with Crippen molar-refractivity contribution in [3.8, 4) is 11.6 Å². The summed E-state index contributed by atoms with van der Waals surface area (Å²) in [6, 6.07) is 6.09. The van der Waals surface area contributed by atoms with Gasteiger partial charge in [0.05, 0.1) is 19.9 Å². The molecule has 23 heavy (non-hydrogen) atoms. The Labute approximate surface area is 138 Å². The Morgan fingerprint density at radius 2 is 1.96 bits per heavy atom. The van der Waals surface area contributed by atoms with Crippen LogP contribution in [0.15, 0.2) is 36.8 Å². The van der Waals surface area contributed by atoms with Crippen molar-refractivity contribution in [2.45, 2.75) is 45.4 Å². The van der Waals surface area contributed by atoms with Crippen LogP contribution < -0.4 is 9.47 Å². The maximum absolute atomic E-state index is 5.90. The van der Waals surface area contributed by atoms with Crippen molar-refractivity contribution in [3.05, 3.63) is 47.9 Å².